The summed E-state index contributed by atoms with van der Waals surface area (Å²) in [6, 6.07) is 9.63. The number of rotatable bonds is 5. The van der Waals surface area contributed by atoms with Gasteiger partial charge in [-0.25, -0.2) is 8.78 Å². The minimum atomic E-state index is -0.634. The lowest BCUT2D eigenvalue weighted by atomic mass is 10.1. The lowest BCUT2D eigenvalue weighted by molar-refractivity contribution is -0.117. The van der Waals surface area contributed by atoms with Gasteiger partial charge < -0.3 is 5.32 Å². The Balaban J connectivity index is 1.98. The van der Waals surface area contributed by atoms with Gasteiger partial charge in [-0.05, 0) is 44.2 Å². The molecule has 2 N–H and O–H groups in total. The van der Waals surface area contributed by atoms with Crippen LogP contribution in [0.5, 0.6) is 0 Å². The third kappa shape index (κ3) is 4.84. The van der Waals surface area contributed by atoms with E-state index in [0.717, 1.165) is 10.5 Å². The van der Waals surface area contributed by atoms with Gasteiger partial charge in [0, 0.05) is 27.8 Å². The minimum absolute atomic E-state index is 0.235. The lowest BCUT2D eigenvalue weighted by Crippen LogP contribution is -2.39. The summed E-state index contributed by atoms with van der Waals surface area (Å²) in [5, 5.41) is 5.78. The smallest absolute Gasteiger partial charge is 0.241 e. The summed E-state index contributed by atoms with van der Waals surface area (Å²) in [7, 11) is 0. The maximum Gasteiger partial charge on any atom is 0.241 e. The van der Waals surface area contributed by atoms with E-state index in [-0.39, 0.29) is 5.91 Å². The summed E-state index contributed by atoms with van der Waals surface area (Å²) >= 11 is 3.32. The van der Waals surface area contributed by atoms with Crippen LogP contribution in [0.3, 0.4) is 0 Å². The van der Waals surface area contributed by atoms with E-state index in [1.165, 1.54) is 12.1 Å². The number of amides is 1. The highest BCUT2D eigenvalue weighted by Gasteiger charge is 2.18. The predicted molar refractivity (Wildman–Crippen MR) is 90.1 cm³/mol. The average Bonchev–Trinajstić information content (AvgIpc) is 2.49. The Morgan fingerprint density at radius 1 is 1.09 bits per heavy atom. The first-order valence-corrected chi connectivity index (χ1v) is 7.93. The van der Waals surface area contributed by atoms with E-state index in [2.05, 4.69) is 26.6 Å². The molecule has 0 aliphatic carbocycles. The van der Waals surface area contributed by atoms with Gasteiger partial charge in [0.2, 0.25) is 5.91 Å². The normalized spacial score (nSPS) is 13.4. The molecule has 6 heteroatoms. The van der Waals surface area contributed by atoms with Crippen molar-refractivity contribution >= 4 is 27.5 Å². The van der Waals surface area contributed by atoms with Crippen LogP contribution >= 0.6 is 15.9 Å². The number of hydrogen-bond donors (Lipinski definition) is 2. The van der Waals surface area contributed by atoms with Gasteiger partial charge in [0.1, 0.15) is 11.6 Å². The van der Waals surface area contributed by atoms with Crippen molar-refractivity contribution in [3.8, 4) is 0 Å². The summed E-state index contributed by atoms with van der Waals surface area (Å²) in [5.74, 6) is -1.49. The maximum absolute atomic E-state index is 13.8. The van der Waals surface area contributed by atoms with Crippen molar-refractivity contribution in [2.45, 2.75) is 25.9 Å². The largest absolute Gasteiger partial charge is 0.325 e. The van der Waals surface area contributed by atoms with Crippen LogP contribution in [0.2, 0.25) is 0 Å². The molecule has 2 aromatic rings. The molecule has 0 saturated heterocycles. The summed E-state index contributed by atoms with van der Waals surface area (Å²) < 4.78 is 27.6. The van der Waals surface area contributed by atoms with E-state index in [1.54, 1.807) is 26.0 Å². The quantitative estimate of drug-likeness (QED) is 0.804. The number of hydrogen-bond acceptors (Lipinski definition) is 2. The Labute approximate surface area is 142 Å². The van der Waals surface area contributed by atoms with Gasteiger partial charge in [0.15, 0.2) is 0 Å². The Bertz CT molecular complexity index is 691. The highest BCUT2D eigenvalue weighted by Crippen LogP contribution is 2.19. The molecule has 0 unspecified atom stereocenters. The number of anilines is 1. The second-order valence-corrected chi connectivity index (χ2v) is 6.19. The number of carbonyl (C=O) groups is 1. The predicted octanol–water partition coefficient (Wildman–Crippen LogP) is 4.41. The molecule has 0 spiro atoms. The topological polar surface area (TPSA) is 41.1 Å². The molecule has 2 rings (SSSR count). The molecule has 0 fully saturated rings. The van der Waals surface area contributed by atoms with Crippen LogP contribution in [0.1, 0.15) is 25.5 Å². The molecule has 0 radical (unpaired) electrons. The third-order valence-electron chi connectivity index (χ3n) is 3.43. The van der Waals surface area contributed by atoms with Crippen LogP contribution in [0.25, 0.3) is 0 Å². The molecule has 0 heterocycles. The lowest BCUT2D eigenvalue weighted by Gasteiger charge is -2.20. The highest BCUT2D eigenvalue weighted by molar-refractivity contribution is 9.10. The SMILES string of the molecule is C[C@@H](N[C@H](C)c1ccc(F)cc1F)C(=O)Nc1ccc(Br)cc1. The monoisotopic (exact) mass is 382 g/mol. The second-order valence-electron chi connectivity index (χ2n) is 5.27. The molecule has 0 aromatic heterocycles. The van der Waals surface area contributed by atoms with E-state index in [4.69, 9.17) is 0 Å². The van der Waals surface area contributed by atoms with Crippen molar-refractivity contribution in [1.82, 2.24) is 5.32 Å². The molecule has 2 aromatic carbocycles. The van der Waals surface area contributed by atoms with Gasteiger partial charge >= 0.3 is 0 Å². The van der Waals surface area contributed by atoms with E-state index in [9.17, 15) is 13.6 Å². The molecule has 1 amide bonds. The fourth-order valence-corrected chi connectivity index (χ4v) is 2.44. The molecular weight excluding hydrogens is 366 g/mol. The summed E-state index contributed by atoms with van der Waals surface area (Å²) in [5.41, 5.74) is 0.988. The van der Waals surface area contributed by atoms with Crippen molar-refractivity contribution in [2.75, 3.05) is 5.32 Å². The number of benzene rings is 2. The molecule has 0 bridgehead atoms. The first-order valence-electron chi connectivity index (χ1n) is 7.14. The van der Waals surface area contributed by atoms with Crippen molar-refractivity contribution in [3.05, 3.63) is 64.1 Å². The number of halogens is 3. The van der Waals surface area contributed by atoms with Crippen molar-refractivity contribution in [2.24, 2.45) is 0 Å². The maximum atomic E-state index is 13.8. The molecule has 0 aliphatic rings. The van der Waals surface area contributed by atoms with Gasteiger partial charge in [-0.2, -0.15) is 0 Å². The fourth-order valence-electron chi connectivity index (χ4n) is 2.18. The molecule has 0 aliphatic heterocycles. The Hall–Kier alpha value is -1.79. The summed E-state index contributed by atoms with van der Waals surface area (Å²) in [6.45, 7) is 3.41. The van der Waals surface area contributed by atoms with Gasteiger partial charge in [0.05, 0.1) is 6.04 Å². The molecule has 3 nitrogen and oxygen atoms in total. The average molecular weight is 383 g/mol. The zero-order valence-electron chi connectivity index (χ0n) is 12.7. The molecule has 122 valence electrons. The Morgan fingerprint density at radius 2 is 1.74 bits per heavy atom. The fraction of sp³-hybridized carbons (Fsp3) is 0.235. The second kappa shape index (κ2) is 7.66. The van der Waals surface area contributed by atoms with Crippen molar-refractivity contribution in [3.63, 3.8) is 0 Å². The first kappa shape index (κ1) is 17.6. The standard InChI is InChI=1S/C17H17BrF2N2O/c1-10(15-8-5-13(19)9-16(15)20)21-11(2)17(23)22-14-6-3-12(18)4-7-14/h3-11,21H,1-2H3,(H,22,23)/t10-,11-/m1/s1. The van der Waals surface area contributed by atoms with E-state index < -0.39 is 23.7 Å². The van der Waals surface area contributed by atoms with Gasteiger partial charge in [0.25, 0.3) is 0 Å². The van der Waals surface area contributed by atoms with Crippen LogP contribution in [-0.2, 0) is 4.79 Å². The minimum Gasteiger partial charge on any atom is -0.325 e. The van der Waals surface area contributed by atoms with Crippen LogP contribution in [0.4, 0.5) is 14.5 Å². The van der Waals surface area contributed by atoms with Crippen LogP contribution < -0.4 is 10.6 Å². The molecule has 23 heavy (non-hydrogen) atoms. The van der Waals surface area contributed by atoms with E-state index in [1.807, 2.05) is 12.1 Å². The highest BCUT2D eigenvalue weighted by atomic mass is 79.9. The summed E-state index contributed by atoms with van der Waals surface area (Å²) in [4.78, 5) is 12.2. The number of nitrogens with one attached hydrogen (secondary N) is 2. The van der Waals surface area contributed by atoms with Gasteiger partial charge in [-0.3, -0.25) is 10.1 Å². The molecular formula is C17H17BrF2N2O. The van der Waals surface area contributed by atoms with Gasteiger partial charge in [-0.1, -0.05) is 22.0 Å². The molecule has 0 saturated carbocycles. The van der Waals surface area contributed by atoms with Crippen LogP contribution in [0, 0.1) is 11.6 Å². The van der Waals surface area contributed by atoms with E-state index >= 15 is 0 Å². The Morgan fingerprint density at radius 3 is 2.35 bits per heavy atom. The van der Waals surface area contributed by atoms with E-state index in [0.29, 0.717) is 11.3 Å². The third-order valence-corrected chi connectivity index (χ3v) is 3.96. The number of carbonyl (C=O) groups excluding carboxylic acids is 1. The Kier molecular flexibility index (Phi) is 5.85. The van der Waals surface area contributed by atoms with Crippen molar-refractivity contribution in [1.29, 1.82) is 0 Å². The van der Waals surface area contributed by atoms with Gasteiger partial charge in [-0.15, -0.1) is 0 Å². The molecule has 2 atom stereocenters. The van der Waals surface area contributed by atoms with Crippen LogP contribution in [-0.4, -0.2) is 11.9 Å². The summed E-state index contributed by atoms with van der Waals surface area (Å²) in [6.07, 6.45) is 0. The first-order chi connectivity index (χ1) is 10.9. The van der Waals surface area contributed by atoms with Crippen LogP contribution in [0.15, 0.2) is 46.9 Å². The zero-order valence-corrected chi connectivity index (χ0v) is 14.3. The van der Waals surface area contributed by atoms with Crippen molar-refractivity contribution < 1.29 is 13.6 Å². The zero-order chi connectivity index (χ0) is 17.0.